The Morgan fingerprint density at radius 3 is 2.50 bits per heavy atom. The van der Waals surface area contributed by atoms with E-state index >= 15 is 0 Å². The maximum absolute atomic E-state index is 5.84. The van der Waals surface area contributed by atoms with E-state index < -0.39 is 0 Å². The molecule has 0 unspecified atom stereocenters. The Balaban J connectivity index is 1.77. The van der Waals surface area contributed by atoms with Crippen molar-refractivity contribution in [3.63, 3.8) is 0 Å². The first kappa shape index (κ1) is 15.8. The molecule has 0 atom stereocenters. The summed E-state index contributed by atoms with van der Waals surface area (Å²) in [5, 5.41) is 0. The molecule has 3 aromatic rings. The molecule has 0 saturated carbocycles. The van der Waals surface area contributed by atoms with Crippen LogP contribution in [0.5, 0.6) is 5.75 Å². The van der Waals surface area contributed by atoms with Crippen molar-refractivity contribution in [1.82, 2.24) is 9.55 Å². The zero-order valence-corrected chi connectivity index (χ0v) is 13.7. The van der Waals surface area contributed by atoms with E-state index in [-0.39, 0.29) is 0 Å². The van der Waals surface area contributed by atoms with Gasteiger partial charge >= 0.3 is 0 Å². The first-order valence-electron chi connectivity index (χ1n) is 7.84. The van der Waals surface area contributed by atoms with E-state index in [1.165, 1.54) is 0 Å². The predicted molar refractivity (Wildman–Crippen MR) is 97.7 cm³/mol. The summed E-state index contributed by atoms with van der Waals surface area (Å²) < 4.78 is 7.84. The summed E-state index contributed by atoms with van der Waals surface area (Å²) in [5.74, 6) is 0.852. The minimum atomic E-state index is 0.567. The van der Waals surface area contributed by atoms with Crippen LogP contribution in [-0.2, 0) is 13.7 Å². The van der Waals surface area contributed by atoms with Crippen LogP contribution in [0.25, 0.3) is 5.57 Å². The Morgan fingerprint density at radius 1 is 1.12 bits per heavy atom. The van der Waals surface area contributed by atoms with Gasteiger partial charge in [-0.2, -0.15) is 0 Å². The van der Waals surface area contributed by atoms with Crippen molar-refractivity contribution in [3.8, 4) is 5.75 Å². The SMILES string of the molecule is C=C/C=C(/c1ccc(OCc2ccccc2)cc1)c1cncn1C. The molecule has 0 saturated heterocycles. The zero-order chi connectivity index (χ0) is 16.8. The lowest BCUT2D eigenvalue weighted by atomic mass is 10.0. The molecule has 0 aliphatic rings. The maximum Gasteiger partial charge on any atom is 0.119 e. The van der Waals surface area contributed by atoms with E-state index in [1.807, 2.05) is 54.2 Å². The molecule has 0 fully saturated rings. The topological polar surface area (TPSA) is 27.1 Å². The van der Waals surface area contributed by atoms with Gasteiger partial charge in [-0.1, -0.05) is 61.2 Å². The fourth-order valence-corrected chi connectivity index (χ4v) is 2.54. The number of aromatic nitrogens is 2. The monoisotopic (exact) mass is 316 g/mol. The molecule has 1 aromatic heterocycles. The van der Waals surface area contributed by atoms with Crippen LogP contribution in [0.4, 0.5) is 0 Å². The van der Waals surface area contributed by atoms with Gasteiger partial charge in [0.25, 0.3) is 0 Å². The normalized spacial score (nSPS) is 11.3. The standard InChI is InChI=1S/C21H20N2O/c1-3-7-20(21-14-22-16-23(21)2)18-10-12-19(13-11-18)24-15-17-8-5-4-6-9-17/h3-14,16H,1,15H2,2H3/b20-7-. The molecule has 0 aliphatic heterocycles. The zero-order valence-electron chi connectivity index (χ0n) is 13.7. The van der Waals surface area contributed by atoms with Gasteiger partial charge in [-0.15, -0.1) is 0 Å². The molecule has 0 amide bonds. The highest BCUT2D eigenvalue weighted by Gasteiger charge is 2.08. The lowest BCUT2D eigenvalue weighted by Crippen LogP contribution is -1.97. The second-order valence-electron chi connectivity index (χ2n) is 5.50. The van der Waals surface area contributed by atoms with Gasteiger partial charge in [0.1, 0.15) is 12.4 Å². The van der Waals surface area contributed by atoms with Crippen LogP contribution in [0, 0.1) is 0 Å². The fraction of sp³-hybridized carbons (Fsp3) is 0.0952. The minimum absolute atomic E-state index is 0.567. The number of allylic oxidation sites excluding steroid dienone is 2. The molecular weight excluding hydrogens is 296 g/mol. The molecule has 3 rings (SSSR count). The third-order valence-electron chi connectivity index (χ3n) is 3.79. The van der Waals surface area contributed by atoms with Crippen molar-refractivity contribution in [3.05, 3.63) is 103 Å². The predicted octanol–water partition coefficient (Wildman–Crippen LogP) is 4.62. The molecule has 0 aliphatic carbocycles. The Kier molecular flexibility index (Phi) is 4.92. The molecule has 0 bridgehead atoms. The number of nitrogens with zero attached hydrogens (tertiary/aromatic N) is 2. The van der Waals surface area contributed by atoms with Gasteiger partial charge in [0.15, 0.2) is 0 Å². The van der Waals surface area contributed by atoms with Gasteiger partial charge in [-0.05, 0) is 23.3 Å². The summed E-state index contributed by atoms with van der Waals surface area (Å²) in [6.07, 6.45) is 7.44. The Labute approximate surface area is 142 Å². The maximum atomic E-state index is 5.84. The number of imidazole rings is 1. The van der Waals surface area contributed by atoms with Gasteiger partial charge in [0, 0.05) is 12.6 Å². The highest BCUT2D eigenvalue weighted by Crippen LogP contribution is 2.25. The van der Waals surface area contributed by atoms with E-state index in [4.69, 9.17) is 4.74 Å². The highest BCUT2D eigenvalue weighted by atomic mass is 16.5. The Hall–Kier alpha value is -3.07. The average molecular weight is 316 g/mol. The molecule has 2 aromatic carbocycles. The largest absolute Gasteiger partial charge is 0.489 e. The van der Waals surface area contributed by atoms with Crippen LogP contribution in [0.15, 0.2) is 85.9 Å². The molecule has 0 spiro atoms. The third kappa shape index (κ3) is 3.63. The summed E-state index contributed by atoms with van der Waals surface area (Å²) in [5.41, 5.74) is 4.39. The Morgan fingerprint density at radius 2 is 1.88 bits per heavy atom. The van der Waals surface area contributed by atoms with Gasteiger partial charge in [0.05, 0.1) is 18.2 Å². The van der Waals surface area contributed by atoms with Crippen molar-refractivity contribution in [1.29, 1.82) is 0 Å². The highest BCUT2D eigenvalue weighted by molar-refractivity contribution is 5.79. The summed E-state index contributed by atoms with van der Waals surface area (Å²) in [6, 6.07) is 18.3. The quantitative estimate of drug-likeness (QED) is 0.621. The van der Waals surface area contributed by atoms with Crippen molar-refractivity contribution < 1.29 is 4.74 Å². The van der Waals surface area contributed by atoms with Gasteiger partial charge < -0.3 is 9.30 Å². The van der Waals surface area contributed by atoms with Crippen LogP contribution in [0.2, 0.25) is 0 Å². The number of rotatable bonds is 6. The van der Waals surface area contributed by atoms with E-state index in [1.54, 1.807) is 12.4 Å². The third-order valence-corrected chi connectivity index (χ3v) is 3.79. The molecule has 24 heavy (non-hydrogen) atoms. The Bertz CT molecular complexity index is 830. The van der Waals surface area contributed by atoms with Crippen molar-refractivity contribution in [2.24, 2.45) is 7.05 Å². The van der Waals surface area contributed by atoms with Crippen molar-refractivity contribution >= 4 is 5.57 Å². The summed E-state index contributed by atoms with van der Waals surface area (Å²) in [4.78, 5) is 4.19. The molecule has 120 valence electrons. The molecular formula is C21H20N2O. The van der Waals surface area contributed by atoms with Crippen LogP contribution in [0.3, 0.4) is 0 Å². The van der Waals surface area contributed by atoms with Crippen molar-refractivity contribution in [2.75, 3.05) is 0 Å². The van der Waals surface area contributed by atoms with Crippen LogP contribution in [0.1, 0.15) is 16.8 Å². The van der Waals surface area contributed by atoms with Crippen LogP contribution in [-0.4, -0.2) is 9.55 Å². The first-order chi connectivity index (χ1) is 11.8. The number of hydrogen-bond acceptors (Lipinski definition) is 2. The fourth-order valence-electron chi connectivity index (χ4n) is 2.54. The van der Waals surface area contributed by atoms with Gasteiger partial charge in [-0.25, -0.2) is 4.98 Å². The number of ether oxygens (including phenoxy) is 1. The van der Waals surface area contributed by atoms with Crippen molar-refractivity contribution in [2.45, 2.75) is 6.61 Å². The second-order valence-corrected chi connectivity index (χ2v) is 5.50. The van der Waals surface area contributed by atoms with Gasteiger partial charge in [-0.3, -0.25) is 0 Å². The lowest BCUT2D eigenvalue weighted by Gasteiger charge is -2.10. The average Bonchev–Trinajstić information content (AvgIpc) is 3.05. The van der Waals surface area contributed by atoms with Crippen LogP contribution < -0.4 is 4.74 Å². The molecule has 1 heterocycles. The molecule has 3 heteroatoms. The van der Waals surface area contributed by atoms with E-state index in [2.05, 4.69) is 35.8 Å². The van der Waals surface area contributed by atoms with E-state index in [0.29, 0.717) is 6.61 Å². The lowest BCUT2D eigenvalue weighted by molar-refractivity contribution is 0.306. The number of hydrogen-bond donors (Lipinski definition) is 0. The molecule has 3 nitrogen and oxygen atoms in total. The second kappa shape index (κ2) is 7.47. The minimum Gasteiger partial charge on any atom is -0.489 e. The van der Waals surface area contributed by atoms with E-state index in [0.717, 1.165) is 28.1 Å². The summed E-state index contributed by atoms with van der Waals surface area (Å²) >= 11 is 0. The van der Waals surface area contributed by atoms with Gasteiger partial charge in [0.2, 0.25) is 0 Å². The molecule has 0 N–H and O–H groups in total. The number of benzene rings is 2. The summed E-state index contributed by atoms with van der Waals surface area (Å²) in [6.45, 7) is 4.38. The van der Waals surface area contributed by atoms with Crippen LogP contribution >= 0.6 is 0 Å². The smallest absolute Gasteiger partial charge is 0.119 e. The molecule has 0 radical (unpaired) electrons. The number of aryl methyl sites for hydroxylation is 1. The van der Waals surface area contributed by atoms with E-state index in [9.17, 15) is 0 Å². The summed E-state index contributed by atoms with van der Waals surface area (Å²) in [7, 11) is 1.98. The first-order valence-corrected chi connectivity index (χ1v) is 7.84.